The summed E-state index contributed by atoms with van der Waals surface area (Å²) in [6, 6.07) is 1.59. The average Bonchev–Trinajstić information content (AvgIpc) is 2.81. The van der Waals surface area contributed by atoms with Crippen LogP contribution in [0.1, 0.15) is 31.2 Å². The average molecular weight is 261 g/mol. The van der Waals surface area contributed by atoms with Gasteiger partial charge in [-0.15, -0.1) is 0 Å². The molecule has 1 aliphatic rings. The van der Waals surface area contributed by atoms with Gasteiger partial charge in [0.05, 0.1) is 18.4 Å². The molecule has 0 spiro atoms. The van der Waals surface area contributed by atoms with E-state index in [0.717, 1.165) is 12.0 Å². The SMILES string of the molecule is NC(Cc1ccoc1)C1CCCC(C(F)(F)F)C1. The summed E-state index contributed by atoms with van der Waals surface area (Å²) in [5.41, 5.74) is 6.99. The molecule has 0 aliphatic heterocycles. The molecule has 0 amide bonds. The summed E-state index contributed by atoms with van der Waals surface area (Å²) in [4.78, 5) is 0. The van der Waals surface area contributed by atoms with Crippen molar-refractivity contribution in [3.05, 3.63) is 24.2 Å². The van der Waals surface area contributed by atoms with E-state index in [4.69, 9.17) is 10.2 Å². The Hall–Kier alpha value is -0.970. The zero-order valence-corrected chi connectivity index (χ0v) is 10.1. The van der Waals surface area contributed by atoms with Crippen LogP contribution in [0, 0.1) is 11.8 Å². The summed E-state index contributed by atoms with van der Waals surface area (Å²) < 4.78 is 43.0. The van der Waals surface area contributed by atoms with Crippen LogP contribution in [0.4, 0.5) is 13.2 Å². The minimum Gasteiger partial charge on any atom is -0.472 e. The molecular weight excluding hydrogens is 243 g/mol. The second-order valence-corrected chi connectivity index (χ2v) is 5.16. The Bertz CT molecular complexity index is 361. The van der Waals surface area contributed by atoms with E-state index in [1.165, 1.54) is 0 Å². The summed E-state index contributed by atoms with van der Waals surface area (Å²) in [7, 11) is 0. The highest BCUT2D eigenvalue weighted by atomic mass is 19.4. The lowest BCUT2D eigenvalue weighted by Gasteiger charge is -2.33. The smallest absolute Gasteiger partial charge is 0.391 e. The molecule has 1 saturated carbocycles. The van der Waals surface area contributed by atoms with E-state index >= 15 is 0 Å². The molecule has 3 unspecified atom stereocenters. The number of alkyl halides is 3. The second kappa shape index (κ2) is 5.34. The Morgan fingerprint density at radius 3 is 2.78 bits per heavy atom. The number of hydrogen-bond acceptors (Lipinski definition) is 2. The molecule has 5 heteroatoms. The molecule has 102 valence electrons. The summed E-state index contributed by atoms with van der Waals surface area (Å²) in [5.74, 6) is -1.22. The lowest BCUT2D eigenvalue weighted by Crippen LogP contribution is -2.38. The van der Waals surface area contributed by atoms with Gasteiger partial charge in [-0.3, -0.25) is 0 Å². The van der Waals surface area contributed by atoms with E-state index in [1.807, 2.05) is 6.07 Å². The van der Waals surface area contributed by atoms with Gasteiger partial charge in [0.15, 0.2) is 0 Å². The summed E-state index contributed by atoms with van der Waals surface area (Å²) in [6.45, 7) is 0. The normalized spacial score (nSPS) is 27.1. The number of rotatable bonds is 3. The largest absolute Gasteiger partial charge is 0.472 e. The summed E-state index contributed by atoms with van der Waals surface area (Å²) in [6.07, 6.45) is 1.51. The van der Waals surface area contributed by atoms with Gasteiger partial charge in [-0.2, -0.15) is 13.2 Å². The maximum absolute atomic E-state index is 12.7. The first-order valence-electron chi connectivity index (χ1n) is 6.30. The summed E-state index contributed by atoms with van der Waals surface area (Å²) >= 11 is 0. The van der Waals surface area contributed by atoms with E-state index in [2.05, 4.69) is 0 Å². The monoisotopic (exact) mass is 261 g/mol. The van der Waals surface area contributed by atoms with Crippen molar-refractivity contribution >= 4 is 0 Å². The number of nitrogens with two attached hydrogens (primary N) is 1. The maximum Gasteiger partial charge on any atom is 0.391 e. The van der Waals surface area contributed by atoms with Crippen LogP contribution in [0.5, 0.6) is 0 Å². The Balaban J connectivity index is 1.92. The fourth-order valence-electron chi connectivity index (χ4n) is 2.76. The van der Waals surface area contributed by atoms with Gasteiger partial charge < -0.3 is 10.2 Å². The molecule has 0 saturated heterocycles. The van der Waals surface area contributed by atoms with Gasteiger partial charge in [0.1, 0.15) is 0 Å². The fourth-order valence-corrected chi connectivity index (χ4v) is 2.76. The molecule has 2 nitrogen and oxygen atoms in total. The van der Waals surface area contributed by atoms with Gasteiger partial charge >= 0.3 is 6.18 Å². The van der Waals surface area contributed by atoms with E-state index < -0.39 is 12.1 Å². The van der Waals surface area contributed by atoms with Gasteiger partial charge in [-0.1, -0.05) is 6.42 Å². The van der Waals surface area contributed by atoms with Crippen LogP contribution < -0.4 is 5.73 Å². The number of hydrogen-bond donors (Lipinski definition) is 1. The van der Waals surface area contributed by atoms with Crippen molar-refractivity contribution in [3.63, 3.8) is 0 Å². The van der Waals surface area contributed by atoms with E-state index in [9.17, 15) is 13.2 Å². The lowest BCUT2D eigenvalue weighted by atomic mass is 9.76. The molecule has 1 aromatic heterocycles. The van der Waals surface area contributed by atoms with Crippen molar-refractivity contribution in [1.29, 1.82) is 0 Å². The van der Waals surface area contributed by atoms with Gasteiger partial charge in [-0.05, 0) is 43.2 Å². The number of halogens is 3. The Kier molecular flexibility index (Phi) is 4.00. The first-order chi connectivity index (χ1) is 8.47. The summed E-state index contributed by atoms with van der Waals surface area (Å²) in [5, 5.41) is 0. The molecule has 1 heterocycles. The third-order valence-electron chi connectivity index (χ3n) is 3.83. The van der Waals surface area contributed by atoms with Crippen LogP contribution in [0.3, 0.4) is 0 Å². The molecule has 2 N–H and O–H groups in total. The minimum absolute atomic E-state index is 0.0414. The van der Waals surface area contributed by atoms with E-state index in [0.29, 0.717) is 12.8 Å². The van der Waals surface area contributed by atoms with Gasteiger partial charge in [0, 0.05) is 6.04 Å². The molecule has 0 bridgehead atoms. The predicted octanol–water partition coefficient (Wildman–Crippen LogP) is 3.52. The van der Waals surface area contributed by atoms with E-state index in [1.54, 1.807) is 12.5 Å². The molecule has 2 rings (SSSR count). The van der Waals surface area contributed by atoms with Gasteiger partial charge in [-0.25, -0.2) is 0 Å². The van der Waals surface area contributed by atoms with Crippen LogP contribution in [0.2, 0.25) is 0 Å². The zero-order chi connectivity index (χ0) is 13.2. The Morgan fingerprint density at radius 2 is 2.17 bits per heavy atom. The standard InChI is InChI=1S/C13H18F3NO/c14-13(15,16)11-3-1-2-10(7-11)12(17)6-9-4-5-18-8-9/h4-5,8,10-12H,1-3,6-7,17H2. The third-order valence-corrected chi connectivity index (χ3v) is 3.83. The van der Waals surface area contributed by atoms with Crippen molar-refractivity contribution in [2.75, 3.05) is 0 Å². The molecule has 18 heavy (non-hydrogen) atoms. The van der Waals surface area contributed by atoms with Crippen LogP contribution in [0.15, 0.2) is 23.0 Å². The molecule has 1 aliphatic carbocycles. The van der Waals surface area contributed by atoms with Crippen molar-refractivity contribution < 1.29 is 17.6 Å². The molecule has 1 aromatic rings. The quantitative estimate of drug-likeness (QED) is 0.904. The van der Waals surface area contributed by atoms with Crippen molar-refractivity contribution in [2.45, 2.75) is 44.3 Å². The Labute approximate surface area is 104 Å². The number of furan rings is 1. The predicted molar refractivity (Wildman–Crippen MR) is 61.9 cm³/mol. The minimum atomic E-state index is -4.08. The van der Waals surface area contributed by atoms with Crippen LogP contribution >= 0.6 is 0 Å². The first kappa shape index (κ1) is 13.5. The third kappa shape index (κ3) is 3.28. The zero-order valence-electron chi connectivity index (χ0n) is 10.1. The van der Waals surface area contributed by atoms with Gasteiger partial charge in [0.25, 0.3) is 0 Å². The highest BCUT2D eigenvalue weighted by molar-refractivity contribution is 5.07. The topological polar surface area (TPSA) is 39.2 Å². The highest BCUT2D eigenvalue weighted by Crippen LogP contribution is 2.40. The molecule has 1 fully saturated rings. The lowest BCUT2D eigenvalue weighted by molar-refractivity contribution is -0.186. The molecule has 3 atom stereocenters. The van der Waals surface area contributed by atoms with Gasteiger partial charge in [0.2, 0.25) is 0 Å². The maximum atomic E-state index is 12.7. The molecule has 0 aromatic carbocycles. The van der Waals surface area contributed by atoms with Crippen LogP contribution in [-0.2, 0) is 6.42 Å². The van der Waals surface area contributed by atoms with Crippen molar-refractivity contribution in [2.24, 2.45) is 17.6 Å². The fraction of sp³-hybridized carbons (Fsp3) is 0.692. The Morgan fingerprint density at radius 1 is 1.39 bits per heavy atom. The van der Waals surface area contributed by atoms with E-state index in [-0.39, 0.29) is 24.8 Å². The van der Waals surface area contributed by atoms with Crippen LogP contribution in [-0.4, -0.2) is 12.2 Å². The first-order valence-corrected chi connectivity index (χ1v) is 6.30. The van der Waals surface area contributed by atoms with Crippen LogP contribution in [0.25, 0.3) is 0 Å². The second-order valence-electron chi connectivity index (χ2n) is 5.16. The molecule has 0 radical (unpaired) electrons. The molecular formula is C13H18F3NO. The van der Waals surface area contributed by atoms with Crippen molar-refractivity contribution in [3.8, 4) is 0 Å². The van der Waals surface area contributed by atoms with Crippen molar-refractivity contribution in [1.82, 2.24) is 0 Å². The highest BCUT2D eigenvalue weighted by Gasteiger charge is 2.43.